The maximum atomic E-state index is 13.4. The molecule has 8 nitrogen and oxygen atoms in total. The summed E-state index contributed by atoms with van der Waals surface area (Å²) in [6, 6.07) is 6.37. The molecule has 2 aliphatic rings. The molecule has 5 rings (SSSR count). The summed E-state index contributed by atoms with van der Waals surface area (Å²) in [7, 11) is 2.10. The second kappa shape index (κ2) is 12.7. The Balaban J connectivity index is 0.000000213. The number of benzene rings is 1. The highest BCUT2D eigenvalue weighted by Gasteiger charge is 2.30. The molecule has 3 heterocycles. The monoisotopic (exact) mass is 573 g/mol. The van der Waals surface area contributed by atoms with Gasteiger partial charge in [0.2, 0.25) is 6.41 Å². The normalized spacial score (nSPS) is 20.5. The van der Waals surface area contributed by atoms with Crippen molar-refractivity contribution in [3.8, 4) is 11.3 Å². The Bertz CT molecular complexity index is 1320. The topological polar surface area (TPSA) is 91.0 Å². The molecule has 1 amide bonds. The predicted molar refractivity (Wildman–Crippen MR) is 156 cm³/mol. The van der Waals surface area contributed by atoms with E-state index in [9.17, 15) is 14.0 Å². The number of nitrogens with zero attached hydrogens (tertiary/aromatic N) is 5. The van der Waals surface area contributed by atoms with Crippen LogP contribution in [0.1, 0.15) is 70.4 Å². The van der Waals surface area contributed by atoms with Gasteiger partial charge in [0, 0.05) is 36.3 Å². The highest BCUT2D eigenvalue weighted by atomic mass is 35.5. The number of aldehydes is 1. The molecular weight excluding hydrogens is 533 g/mol. The van der Waals surface area contributed by atoms with Crippen LogP contribution in [0, 0.1) is 11.7 Å². The number of likely N-dealkylation sites (N-methyl/N-ethyl adjacent to an activating group) is 1. The number of halogens is 2. The minimum Gasteiger partial charge on any atom is -0.393 e. The zero-order chi connectivity index (χ0) is 29.8. The van der Waals surface area contributed by atoms with E-state index < -0.39 is 5.82 Å². The third-order valence-electron chi connectivity index (χ3n) is 7.43. The number of hydrogen-bond acceptors (Lipinski definition) is 6. The Hall–Kier alpha value is -2.88. The highest BCUT2D eigenvalue weighted by Crippen LogP contribution is 2.31. The Morgan fingerprint density at radius 2 is 1.82 bits per heavy atom. The quantitative estimate of drug-likeness (QED) is 0.431. The predicted octanol–water partition coefficient (Wildman–Crippen LogP) is 5.24. The van der Waals surface area contributed by atoms with E-state index in [1.165, 1.54) is 12.1 Å². The number of aliphatic hydroxyl groups is 1. The lowest BCUT2D eigenvalue weighted by Gasteiger charge is -2.43. The first-order valence-electron chi connectivity index (χ1n) is 13.5. The number of piperazine rings is 1. The lowest BCUT2D eigenvalue weighted by Crippen LogP contribution is -2.57. The molecule has 2 fully saturated rings. The number of carbonyl (C=O) groups is 2. The molecule has 10 heteroatoms. The largest absolute Gasteiger partial charge is 0.393 e. The minimum atomic E-state index is -0.474. The molecule has 0 spiro atoms. The van der Waals surface area contributed by atoms with Crippen molar-refractivity contribution in [3.05, 3.63) is 52.6 Å². The molecule has 3 aromatic rings. The fourth-order valence-corrected chi connectivity index (χ4v) is 4.81. The fraction of sp³-hybridized carbons (Fsp3) is 0.533. The van der Waals surface area contributed by atoms with Gasteiger partial charge in [0.15, 0.2) is 11.9 Å². The molecule has 1 saturated carbocycles. The molecule has 0 radical (unpaired) electrons. The average Bonchev–Trinajstić information content (AvgIpc) is 3.29. The summed E-state index contributed by atoms with van der Waals surface area (Å²) in [5.74, 6) is 0.318. The number of imidazole rings is 1. The van der Waals surface area contributed by atoms with Crippen molar-refractivity contribution in [2.45, 2.75) is 71.4 Å². The molecule has 2 aromatic heterocycles. The summed E-state index contributed by atoms with van der Waals surface area (Å²) in [6.07, 6.45) is 5.30. The molecule has 40 heavy (non-hydrogen) atoms. The van der Waals surface area contributed by atoms with Crippen LogP contribution in [0.5, 0.6) is 0 Å². The summed E-state index contributed by atoms with van der Waals surface area (Å²) in [4.78, 5) is 29.9. The van der Waals surface area contributed by atoms with E-state index in [1.54, 1.807) is 16.8 Å². The van der Waals surface area contributed by atoms with E-state index in [1.807, 2.05) is 11.0 Å². The Labute approximate surface area is 241 Å². The lowest BCUT2D eigenvalue weighted by molar-refractivity contribution is -0.122. The second-order valence-electron chi connectivity index (χ2n) is 12.4. The Kier molecular flexibility index (Phi) is 10.1. The summed E-state index contributed by atoms with van der Waals surface area (Å²) < 4.78 is 15.0. The minimum absolute atomic E-state index is 0.0417. The van der Waals surface area contributed by atoms with E-state index in [0.29, 0.717) is 28.9 Å². The molecule has 1 N–H and O–H groups in total. The van der Waals surface area contributed by atoms with Gasteiger partial charge in [-0.15, -0.1) is 0 Å². The van der Waals surface area contributed by atoms with Crippen LogP contribution in [-0.2, 0) is 10.2 Å². The van der Waals surface area contributed by atoms with Gasteiger partial charge in [-0.2, -0.15) is 5.10 Å². The third-order valence-corrected chi connectivity index (χ3v) is 7.72. The Morgan fingerprint density at radius 3 is 2.30 bits per heavy atom. The third kappa shape index (κ3) is 7.86. The van der Waals surface area contributed by atoms with Crippen molar-refractivity contribution in [1.29, 1.82) is 0 Å². The molecule has 1 aliphatic carbocycles. The summed E-state index contributed by atoms with van der Waals surface area (Å²) in [5.41, 5.74) is 3.17. The van der Waals surface area contributed by atoms with Crippen LogP contribution in [-0.4, -0.2) is 80.5 Å². The van der Waals surface area contributed by atoms with Gasteiger partial charge in [0.05, 0.1) is 23.0 Å². The van der Waals surface area contributed by atoms with Crippen LogP contribution >= 0.6 is 11.6 Å². The van der Waals surface area contributed by atoms with Gasteiger partial charge >= 0.3 is 0 Å². The second-order valence-corrected chi connectivity index (χ2v) is 12.8. The molecule has 0 bridgehead atoms. The molecular formula is C30H41ClFN5O3. The number of hydrogen-bond donors (Lipinski definition) is 1. The number of aromatic nitrogens is 3. The standard InChI is InChI=1S/C17H15ClFN3O.C8H16N2O.C5H10O/c1-17(2,3)12-7-15(10-4-5-14(19)13(18)6-10)21-22-8-11(9-23)20-16(12)22;1-8(2)6-10(7-11)5-4-9(8)3;1-4-2-5(6)3-4/h4-9H,1-3H3;7H,4-6H2,1-3H3;4-6H,2-3H2,1H3. The maximum Gasteiger partial charge on any atom is 0.209 e. The average molecular weight is 574 g/mol. The number of aliphatic hydroxyl groups excluding tert-OH is 1. The molecule has 1 saturated heterocycles. The van der Waals surface area contributed by atoms with Crippen LogP contribution in [0.4, 0.5) is 4.39 Å². The van der Waals surface area contributed by atoms with Crippen LogP contribution < -0.4 is 0 Å². The number of rotatable bonds is 3. The summed E-state index contributed by atoms with van der Waals surface area (Å²) in [5, 5.41) is 13.1. The van der Waals surface area contributed by atoms with E-state index in [4.69, 9.17) is 16.7 Å². The van der Waals surface area contributed by atoms with E-state index in [0.717, 1.165) is 50.4 Å². The molecule has 1 aliphatic heterocycles. The van der Waals surface area contributed by atoms with Crippen LogP contribution in [0.3, 0.4) is 0 Å². The SMILES string of the molecule is CC(C)(C)c1cc(-c2ccc(F)c(Cl)c2)nn2cc(C=O)nc12.CC1CC(O)C1.CN1CCN(C=O)CC1(C)C. The van der Waals surface area contributed by atoms with Crippen molar-refractivity contribution in [1.82, 2.24) is 24.4 Å². The van der Waals surface area contributed by atoms with Crippen LogP contribution in [0.25, 0.3) is 16.9 Å². The number of fused-ring (bicyclic) bond motifs is 1. The van der Waals surface area contributed by atoms with Gasteiger partial charge in [-0.05, 0) is 69.3 Å². The van der Waals surface area contributed by atoms with Gasteiger partial charge in [-0.25, -0.2) is 13.9 Å². The van der Waals surface area contributed by atoms with Gasteiger partial charge in [-0.1, -0.05) is 39.3 Å². The molecule has 218 valence electrons. The first kappa shape index (κ1) is 31.6. The number of carbonyl (C=O) groups excluding carboxylic acids is 2. The fourth-order valence-electron chi connectivity index (χ4n) is 4.63. The molecule has 1 aromatic carbocycles. The van der Waals surface area contributed by atoms with Crippen molar-refractivity contribution in [2.24, 2.45) is 5.92 Å². The molecule has 0 atom stereocenters. The van der Waals surface area contributed by atoms with Crippen molar-refractivity contribution >= 4 is 29.9 Å². The smallest absolute Gasteiger partial charge is 0.209 e. The van der Waals surface area contributed by atoms with Gasteiger partial charge in [0.25, 0.3) is 0 Å². The van der Waals surface area contributed by atoms with Crippen LogP contribution in [0.15, 0.2) is 30.5 Å². The van der Waals surface area contributed by atoms with Crippen molar-refractivity contribution in [3.63, 3.8) is 0 Å². The number of amides is 1. The zero-order valence-electron chi connectivity index (χ0n) is 24.5. The van der Waals surface area contributed by atoms with Crippen molar-refractivity contribution < 1.29 is 19.1 Å². The lowest BCUT2D eigenvalue weighted by atomic mass is 9.84. The first-order valence-corrected chi connectivity index (χ1v) is 13.9. The maximum absolute atomic E-state index is 13.4. The Morgan fingerprint density at radius 1 is 1.15 bits per heavy atom. The van der Waals surface area contributed by atoms with E-state index in [2.05, 4.69) is 63.6 Å². The van der Waals surface area contributed by atoms with Crippen molar-refractivity contribution in [2.75, 3.05) is 26.7 Å². The summed E-state index contributed by atoms with van der Waals surface area (Å²) >= 11 is 5.87. The van der Waals surface area contributed by atoms with E-state index in [-0.39, 0.29) is 22.1 Å². The van der Waals surface area contributed by atoms with E-state index >= 15 is 0 Å². The molecule has 0 unspecified atom stereocenters. The van der Waals surface area contributed by atoms with Gasteiger partial charge in [-0.3, -0.25) is 14.5 Å². The summed E-state index contributed by atoms with van der Waals surface area (Å²) in [6.45, 7) is 15.3. The van der Waals surface area contributed by atoms with Gasteiger partial charge in [0.1, 0.15) is 11.5 Å². The van der Waals surface area contributed by atoms with Gasteiger partial charge < -0.3 is 10.0 Å². The van der Waals surface area contributed by atoms with Crippen LogP contribution in [0.2, 0.25) is 5.02 Å². The zero-order valence-corrected chi connectivity index (χ0v) is 25.2. The highest BCUT2D eigenvalue weighted by molar-refractivity contribution is 6.31. The first-order chi connectivity index (χ1) is 18.6.